The molecule has 1 unspecified atom stereocenters. The van der Waals surface area contributed by atoms with Gasteiger partial charge in [0.2, 0.25) is 0 Å². The summed E-state index contributed by atoms with van der Waals surface area (Å²) in [4.78, 5) is 19.1. The van der Waals surface area contributed by atoms with Gasteiger partial charge in [0.05, 0.1) is 16.7 Å². The summed E-state index contributed by atoms with van der Waals surface area (Å²) >= 11 is 0. The van der Waals surface area contributed by atoms with Crippen molar-refractivity contribution < 1.29 is 15.0 Å². The van der Waals surface area contributed by atoms with Crippen molar-refractivity contribution in [3.63, 3.8) is 0 Å². The quantitative estimate of drug-likeness (QED) is 0.771. The molecule has 0 amide bonds. The normalized spacial score (nSPS) is 13.9. The lowest BCUT2D eigenvalue weighted by Gasteiger charge is -2.22. The van der Waals surface area contributed by atoms with Crippen molar-refractivity contribution in [1.29, 1.82) is 0 Å². The maximum atomic E-state index is 10.9. The Morgan fingerprint density at radius 2 is 2.15 bits per heavy atom. The lowest BCUT2D eigenvalue weighted by atomic mass is 10.0. The van der Waals surface area contributed by atoms with Crippen LogP contribution in [-0.2, 0) is 0 Å². The number of carbonyl (C=O) groups is 1. The zero-order valence-electron chi connectivity index (χ0n) is 11.4. The molecule has 0 saturated heterocycles. The van der Waals surface area contributed by atoms with E-state index >= 15 is 0 Å². The van der Waals surface area contributed by atoms with Gasteiger partial charge in [-0.2, -0.15) is 0 Å². The molecule has 1 aromatic carbocycles. The molecule has 0 aliphatic heterocycles. The predicted molar refractivity (Wildman–Crippen MR) is 75.9 cm³/mol. The van der Waals surface area contributed by atoms with Crippen molar-refractivity contribution >= 4 is 22.7 Å². The van der Waals surface area contributed by atoms with Gasteiger partial charge in [-0.3, -0.25) is 0 Å². The Labute approximate surface area is 116 Å². The molecule has 20 heavy (non-hydrogen) atoms. The van der Waals surface area contributed by atoms with Crippen molar-refractivity contribution in [2.45, 2.75) is 25.9 Å². The van der Waals surface area contributed by atoms with Gasteiger partial charge < -0.3 is 15.5 Å². The highest BCUT2D eigenvalue weighted by atomic mass is 16.4. The Bertz CT molecular complexity index is 641. The molecule has 0 aliphatic carbocycles. The number of aliphatic hydroxyl groups is 1. The number of rotatable bonds is 5. The third kappa shape index (κ3) is 3.03. The van der Waals surface area contributed by atoms with Crippen LogP contribution in [0, 0.1) is 0 Å². The average Bonchev–Trinajstić information content (AvgIpc) is 2.44. The minimum atomic E-state index is -0.992. The minimum absolute atomic E-state index is 0.183. The van der Waals surface area contributed by atoms with Crippen molar-refractivity contribution in [2.75, 3.05) is 11.9 Å². The molecule has 2 aromatic rings. The Balaban J connectivity index is 2.33. The number of hydrogen-bond acceptors (Lipinski definition) is 5. The van der Waals surface area contributed by atoms with E-state index in [2.05, 4.69) is 15.3 Å². The van der Waals surface area contributed by atoms with Gasteiger partial charge in [-0.15, -0.1) is 0 Å². The number of nitrogens with zero attached hydrogens (tertiary/aromatic N) is 2. The summed E-state index contributed by atoms with van der Waals surface area (Å²) in [7, 11) is 0. The first kappa shape index (κ1) is 14.2. The Kier molecular flexibility index (Phi) is 3.85. The molecule has 1 aromatic heterocycles. The summed E-state index contributed by atoms with van der Waals surface area (Å²) in [6, 6.07) is 4.68. The van der Waals surface area contributed by atoms with Crippen LogP contribution in [-0.4, -0.2) is 38.3 Å². The van der Waals surface area contributed by atoms with Crippen LogP contribution in [0.25, 0.3) is 10.9 Å². The maximum absolute atomic E-state index is 10.9. The number of benzene rings is 1. The van der Waals surface area contributed by atoms with Crippen molar-refractivity contribution in [1.82, 2.24) is 9.97 Å². The molecular weight excluding hydrogens is 258 g/mol. The van der Waals surface area contributed by atoms with Gasteiger partial charge in [0.25, 0.3) is 0 Å². The van der Waals surface area contributed by atoms with E-state index in [-0.39, 0.29) is 5.56 Å². The number of fused-ring (bicyclic) bond motifs is 1. The van der Waals surface area contributed by atoms with E-state index in [1.54, 1.807) is 13.0 Å². The van der Waals surface area contributed by atoms with Crippen molar-refractivity contribution in [3.05, 3.63) is 30.1 Å². The Hall–Kier alpha value is -2.21. The van der Waals surface area contributed by atoms with Crippen LogP contribution in [0.3, 0.4) is 0 Å². The molecule has 6 nitrogen and oxygen atoms in total. The van der Waals surface area contributed by atoms with Gasteiger partial charge in [0.15, 0.2) is 0 Å². The van der Waals surface area contributed by atoms with Gasteiger partial charge in [-0.05, 0) is 31.5 Å². The Morgan fingerprint density at radius 1 is 1.40 bits per heavy atom. The van der Waals surface area contributed by atoms with Gasteiger partial charge in [-0.25, -0.2) is 14.8 Å². The van der Waals surface area contributed by atoms with Crippen molar-refractivity contribution in [3.8, 4) is 0 Å². The number of aromatic carboxylic acids is 1. The fraction of sp³-hybridized carbons (Fsp3) is 0.357. The second-order valence-electron chi connectivity index (χ2n) is 4.96. The Morgan fingerprint density at radius 3 is 2.80 bits per heavy atom. The van der Waals surface area contributed by atoms with E-state index in [9.17, 15) is 9.90 Å². The lowest BCUT2D eigenvalue weighted by molar-refractivity contribution is 0.0690. The molecule has 0 fully saturated rings. The molecule has 0 spiro atoms. The van der Waals surface area contributed by atoms with E-state index < -0.39 is 11.6 Å². The second-order valence-corrected chi connectivity index (χ2v) is 4.96. The summed E-state index contributed by atoms with van der Waals surface area (Å²) in [5, 5.41) is 22.8. The van der Waals surface area contributed by atoms with Crippen LogP contribution in [0.2, 0.25) is 0 Å². The summed E-state index contributed by atoms with van der Waals surface area (Å²) in [5.41, 5.74) is -0.0839. The first-order valence-electron chi connectivity index (χ1n) is 6.37. The van der Waals surface area contributed by atoms with Crippen molar-refractivity contribution in [2.24, 2.45) is 0 Å². The molecule has 0 aliphatic rings. The molecule has 1 heterocycles. The minimum Gasteiger partial charge on any atom is -0.478 e. The molecule has 0 radical (unpaired) electrons. The van der Waals surface area contributed by atoms with E-state index in [0.29, 0.717) is 24.3 Å². The SMILES string of the molecule is CCC(C)(O)CNc1ncnc2cc(C(=O)O)ccc12. The summed E-state index contributed by atoms with van der Waals surface area (Å²) in [6.45, 7) is 4.00. The van der Waals surface area contributed by atoms with E-state index in [4.69, 9.17) is 5.11 Å². The smallest absolute Gasteiger partial charge is 0.335 e. The number of aromatic nitrogens is 2. The molecule has 2 rings (SSSR count). The zero-order chi connectivity index (χ0) is 14.8. The third-order valence-corrected chi connectivity index (χ3v) is 3.28. The van der Waals surface area contributed by atoms with Crippen LogP contribution in [0.4, 0.5) is 5.82 Å². The van der Waals surface area contributed by atoms with E-state index in [1.807, 2.05) is 6.92 Å². The zero-order valence-corrected chi connectivity index (χ0v) is 11.4. The molecule has 0 saturated carbocycles. The van der Waals surface area contributed by atoms with Gasteiger partial charge >= 0.3 is 5.97 Å². The van der Waals surface area contributed by atoms with E-state index in [1.165, 1.54) is 18.5 Å². The van der Waals surface area contributed by atoms with Crippen LogP contribution in [0.5, 0.6) is 0 Å². The monoisotopic (exact) mass is 275 g/mol. The standard InChI is InChI=1S/C14H17N3O3/c1-3-14(2,20)7-15-12-10-5-4-9(13(18)19)6-11(10)16-8-17-12/h4-6,8,20H,3,7H2,1-2H3,(H,18,19)(H,15,16,17). The first-order chi connectivity index (χ1) is 9.43. The summed E-state index contributed by atoms with van der Waals surface area (Å²) < 4.78 is 0. The topological polar surface area (TPSA) is 95.3 Å². The summed E-state index contributed by atoms with van der Waals surface area (Å²) in [6.07, 6.45) is 1.99. The number of anilines is 1. The van der Waals surface area contributed by atoms with Gasteiger partial charge in [0, 0.05) is 11.9 Å². The molecule has 1 atom stereocenters. The first-order valence-corrected chi connectivity index (χ1v) is 6.37. The number of carboxylic acids is 1. The molecule has 3 N–H and O–H groups in total. The molecule has 6 heteroatoms. The maximum Gasteiger partial charge on any atom is 0.335 e. The van der Waals surface area contributed by atoms with E-state index in [0.717, 1.165) is 5.39 Å². The number of hydrogen-bond donors (Lipinski definition) is 3. The largest absolute Gasteiger partial charge is 0.478 e. The van der Waals surface area contributed by atoms with Crippen LogP contribution >= 0.6 is 0 Å². The predicted octanol–water partition coefficient (Wildman–Crippen LogP) is 1.90. The second kappa shape index (κ2) is 5.42. The molecule has 106 valence electrons. The third-order valence-electron chi connectivity index (χ3n) is 3.28. The molecular formula is C14H17N3O3. The van der Waals surface area contributed by atoms with Crippen LogP contribution < -0.4 is 5.32 Å². The number of carboxylic acid groups (broad SMARTS) is 1. The number of nitrogens with one attached hydrogen (secondary N) is 1. The lowest BCUT2D eigenvalue weighted by Crippen LogP contribution is -2.32. The van der Waals surface area contributed by atoms with Gasteiger partial charge in [-0.1, -0.05) is 6.92 Å². The molecule has 0 bridgehead atoms. The van der Waals surface area contributed by atoms with Gasteiger partial charge in [0.1, 0.15) is 12.1 Å². The average molecular weight is 275 g/mol. The van der Waals surface area contributed by atoms with Crippen LogP contribution in [0.1, 0.15) is 30.6 Å². The fourth-order valence-electron chi connectivity index (χ4n) is 1.73. The summed E-state index contributed by atoms with van der Waals surface area (Å²) in [5.74, 6) is -0.408. The highest BCUT2D eigenvalue weighted by Crippen LogP contribution is 2.21. The van der Waals surface area contributed by atoms with Crippen LogP contribution in [0.15, 0.2) is 24.5 Å². The highest BCUT2D eigenvalue weighted by Gasteiger charge is 2.18. The fourth-order valence-corrected chi connectivity index (χ4v) is 1.73. The highest BCUT2D eigenvalue weighted by molar-refractivity contribution is 5.96.